The van der Waals surface area contributed by atoms with Crippen LogP contribution >= 0.6 is 11.8 Å². The number of nitrogens with zero attached hydrogens (tertiary/aromatic N) is 2. The highest BCUT2D eigenvalue weighted by Gasteiger charge is 2.35. The Kier molecular flexibility index (Phi) is 3.13. The topological polar surface area (TPSA) is 64.9 Å². The van der Waals surface area contributed by atoms with Crippen molar-refractivity contribution in [2.45, 2.75) is 50.0 Å². The minimum Gasteiger partial charge on any atom is -0.339 e. The van der Waals surface area contributed by atoms with Gasteiger partial charge in [-0.3, -0.25) is 0 Å². The summed E-state index contributed by atoms with van der Waals surface area (Å²) in [5, 5.41) is 4.14. The molecule has 0 amide bonds. The SMILES string of the molecule is NC1(c2noc(C3CCSC3)n2)CCCCC1. The van der Waals surface area contributed by atoms with Crippen molar-refractivity contribution in [3.63, 3.8) is 0 Å². The normalized spacial score (nSPS) is 28.4. The first kappa shape index (κ1) is 11.5. The van der Waals surface area contributed by atoms with Crippen LogP contribution in [-0.4, -0.2) is 21.6 Å². The number of nitrogens with two attached hydrogens (primary N) is 1. The molecule has 1 aromatic heterocycles. The maximum Gasteiger partial charge on any atom is 0.230 e. The lowest BCUT2D eigenvalue weighted by atomic mass is 9.82. The predicted molar refractivity (Wildman–Crippen MR) is 67.9 cm³/mol. The molecule has 0 bridgehead atoms. The molecule has 2 aliphatic rings. The van der Waals surface area contributed by atoms with E-state index in [1.165, 1.54) is 25.0 Å². The van der Waals surface area contributed by atoms with Gasteiger partial charge in [0.2, 0.25) is 5.89 Å². The largest absolute Gasteiger partial charge is 0.339 e. The molecule has 17 heavy (non-hydrogen) atoms. The lowest BCUT2D eigenvalue weighted by molar-refractivity contribution is 0.272. The Hall–Kier alpha value is -0.550. The summed E-state index contributed by atoms with van der Waals surface area (Å²) in [6.07, 6.45) is 6.78. The lowest BCUT2D eigenvalue weighted by Gasteiger charge is -2.29. The van der Waals surface area contributed by atoms with Gasteiger partial charge in [-0.2, -0.15) is 16.7 Å². The molecular formula is C12H19N3OS. The number of rotatable bonds is 2. The number of aromatic nitrogens is 2. The Bertz CT molecular complexity index is 381. The fraction of sp³-hybridized carbons (Fsp3) is 0.833. The van der Waals surface area contributed by atoms with Gasteiger partial charge in [-0.15, -0.1) is 0 Å². The van der Waals surface area contributed by atoms with Gasteiger partial charge >= 0.3 is 0 Å². The Morgan fingerprint density at radius 1 is 1.29 bits per heavy atom. The second-order valence-electron chi connectivity index (χ2n) is 5.23. The van der Waals surface area contributed by atoms with Gasteiger partial charge in [-0.1, -0.05) is 24.4 Å². The van der Waals surface area contributed by atoms with E-state index in [0.29, 0.717) is 5.92 Å². The highest BCUT2D eigenvalue weighted by molar-refractivity contribution is 7.99. The van der Waals surface area contributed by atoms with Gasteiger partial charge < -0.3 is 10.3 Å². The maximum atomic E-state index is 6.40. The molecule has 1 saturated heterocycles. The van der Waals surface area contributed by atoms with E-state index in [1.54, 1.807) is 0 Å². The van der Waals surface area contributed by atoms with E-state index in [2.05, 4.69) is 10.1 Å². The molecule has 1 aliphatic heterocycles. The van der Waals surface area contributed by atoms with Gasteiger partial charge in [0, 0.05) is 11.7 Å². The lowest BCUT2D eigenvalue weighted by Crippen LogP contribution is -2.39. The molecule has 1 aliphatic carbocycles. The molecule has 1 aromatic rings. The smallest absolute Gasteiger partial charge is 0.230 e. The molecule has 1 saturated carbocycles. The molecule has 4 nitrogen and oxygen atoms in total. The Labute approximate surface area is 106 Å². The molecule has 94 valence electrons. The average Bonchev–Trinajstić information content (AvgIpc) is 3.01. The van der Waals surface area contributed by atoms with Crippen LogP contribution in [0.5, 0.6) is 0 Å². The molecule has 0 radical (unpaired) electrons. The van der Waals surface area contributed by atoms with E-state index >= 15 is 0 Å². The number of hydrogen-bond acceptors (Lipinski definition) is 5. The van der Waals surface area contributed by atoms with Crippen LogP contribution in [0.1, 0.15) is 56.2 Å². The standard InChI is InChI=1S/C12H19N3OS/c13-12(5-2-1-3-6-12)11-14-10(16-15-11)9-4-7-17-8-9/h9H,1-8,13H2. The van der Waals surface area contributed by atoms with Gasteiger partial charge in [-0.25, -0.2) is 0 Å². The van der Waals surface area contributed by atoms with Crippen LogP contribution < -0.4 is 5.73 Å². The maximum absolute atomic E-state index is 6.40. The second-order valence-corrected chi connectivity index (χ2v) is 6.38. The van der Waals surface area contributed by atoms with Crippen molar-refractivity contribution in [2.75, 3.05) is 11.5 Å². The summed E-state index contributed by atoms with van der Waals surface area (Å²) in [7, 11) is 0. The van der Waals surface area contributed by atoms with Crippen molar-refractivity contribution in [3.05, 3.63) is 11.7 Å². The van der Waals surface area contributed by atoms with Crippen LogP contribution in [0.3, 0.4) is 0 Å². The molecule has 2 N–H and O–H groups in total. The summed E-state index contributed by atoms with van der Waals surface area (Å²) >= 11 is 1.96. The van der Waals surface area contributed by atoms with Crippen LogP contribution in [0.15, 0.2) is 4.52 Å². The molecule has 2 heterocycles. The van der Waals surface area contributed by atoms with E-state index in [1.807, 2.05) is 11.8 Å². The zero-order chi connectivity index (χ0) is 11.7. The van der Waals surface area contributed by atoms with E-state index in [0.717, 1.165) is 36.7 Å². The van der Waals surface area contributed by atoms with Crippen molar-refractivity contribution < 1.29 is 4.52 Å². The highest BCUT2D eigenvalue weighted by Crippen LogP contribution is 2.35. The van der Waals surface area contributed by atoms with Crippen molar-refractivity contribution in [2.24, 2.45) is 5.73 Å². The molecular weight excluding hydrogens is 234 g/mol. The van der Waals surface area contributed by atoms with Crippen LogP contribution in [0.25, 0.3) is 0 Å². The van der Waals surface area contributed by atoms with E-state index in [-0.39, 0.29) is 5.54 Å². The highest BCUT2D eigenvalue weighted by atomic mass is 32.2. The van der Waals surface area contributed by atoms with Gasteiger partial charge in [0.25, 0.3) is 0 Å². The molecule has 1 atom stereocenters. The third-order valence-electron chi connectivity index (χ3n) is 3.91. The predicted octanol–water partition coefficient (Wildman–Crippen LogP) is 2.41. The first-order valence-corrected chi connectivity index (χ1v) is 7.64. The molecule has 0 aromatic carbocycles. The van der Waals surface area contributed by atoms with Gasteiger partial charge in [0.05, 0.1) is 5.54 Å². The minimum absolute atomic E-state index is 0.328. The third-order valence-corrected chi connectivity index (χ3v) is 5.07. The van der Waals surface area contributed by atoms with Crippen LogP contribution in [0.2, 0.25) is 0 Å². The Balaban J connectivity index is 1.78. The first-order chi connectivity index (χ1) is 8.28. The summed E-state index contributed by atoms with van der Waals surface area (Å²) in [5.74, 6) is 4.31. The van der Waals surface area contributed by atoms with Crippen molar-refractivity contribution in [1.29, 1.82) is 0 Å². The Morgan fingerprint density at radius 2 is 2.12 bits per heavy atom. The quantitative estimate of drug-likeness (QED) is 0.876. The Morgan fingerprint density at radius 3 is 2.82 bits per heavy atom. The van der Waals surface area contributed by atoms with Crippen LogP contribution in [-0.2, 0) is 5.54 Å². The van der Waals surface area contributed by atoms with Crippen molar-refractivity contribution >= 4 is 11.8 Å². The summed E-state index contributed by atoms with van der Waals surface area (Å²) in [5.41, 5.74) is 6.07. The molecule has 5 heteroatoms. The first-order valence-electron chi connectivity index (χ1n) is 6.49. The fourth-order valence-electron chi connectivity index (χ4n) is 2.74. The van der Waals surface area contributed by atoms with Crippen LogP contribution in [0.4, 0.5) is 0 Å². The van der Waals surface area contributed by atoms with E-state index < -0.39 is 0 Å². The van der Waals surface area contributed by atoms with E-state index in [9.17, 15) is 0 Å². The molecule has 0 spiro atoms. The van der Waals surface area contributed by atoms with Gasteiger partial charge in [-0.05, 0) is 25.0 Å². The number of hydrogen-bond donors (Lipinski definition) is 1. The average molecular weight is 253 g/mol. The van der Waals surface area contributed by atoms with Crippen molar-refractivity contribution in [1.82, 2.24) is 10.1 Å². The van der Waals surface area contributed by atoms with Gasteiger partial charge in [0.1, 0.15) is 0 Å². The van der Waals surface area contributed by atoms with Crippen LogP contribution in [0, 0.1) is 0 Å². The zero-order valence-electron chi connectivity index (χ0n) is 10.0. The fourth-order valence-corrected chi connectivity index (χ4v) is 3.95. The molecule has 3 rings (SSSR count). The summed E-state index contributed by atoms with van der Waals surface area (Å²) in [6, 6.07) is 0. The minimum atomic E-state index is -0.328. The van der Waals surface area contributed by atoms with Gasteiger partial charge in [0.15, 0.2) is 5.82 Å². The summed E-state index contributed by atoms with van der Waals surface area (Å²) in [4.78, 5) is 4.57. The van der Waals surface area contributed by atoms with E-state index in [4.69, 9.17) is 10.3 Å². The monoisotopic (exact) mass is 253 g/mol. The third kappa shape index (κ3) is 2.22. The number of thioether (sulfide) groups is 1. The zero-order valence-corrected chi connectivity index (χ0v) is 10.8. The molecule has 1 unspecified atom stereocenters. The second kappa shape index (κ2) is 4.61. The summed E-state index contributed by atoms with van der Waals surface area (Å²) in [6.45, 7) is 0. The van der Waals surface area contributed by atoms with Crippen molar-refractivity contribution in [3.8, 4) is 0 Å². The molecule has 2 fully saturated rings. The summed E-state index contributed by atoms with van der Waals surface area (Å²) < 4.78 is 5.41.